The number of anilines is 2. The molecule has 0 radical (unpaired) electrons. The number of nitrogens with one attached hydrogen (secondary N) is 1. The highest BCUT2D eigenvalue weighted by atomic mass is 19.4. The quantitative estimate of drug-likeness (QED) is 0.794. The summed E-state index contributed by atoms with van der Waals surface area (Å²) in [6.07, 6.45) is -3.94. The average molecular weight is 366 g/mol. The molecule has 0 saturated heterocycles. The molecule has 2 aromatic rings. The molecule has 0 fully saturated rings. The van der Waals surface area contributed by atoms with Gasteiger partial charge in [-0.3, -0.25) is 9.59 Å². The van der Waals surface area contributed by atoms with Crippen LogP contribution >= 0.6 is 0 Å². The maximum absolute atomic E-state index is 12.9. The van der Waals surface area contributed by atoms with Gasteiger partial charge in [0.2, 0.25) is 0 Å². The van der Waals surface area contributed by atoms with Crippen LogP contribution in [0.5, 0.6) is 5.75 Å². The van der Waals surface area contributed by atoms with Gasteiger partial charge in [-0.2, -0.15) is 13.2 Å². The van der Waals surface area contributed by atoms with Gasteiger partial charge in [0.15, 0.2) is 12.9 Å². The molecule has 0 aromatic heterocycles. The lowest BCUT2D eigenvalue weighted by atomic mass is 10.1. The second kappa shape index (κ2) is 7.90. The number of aldehydes is 1. The van der Waals surface area contributed by atoms with Gasteiger partial charge in [-0.25, -0.2) is 0 Å². The summed E-state index contributed by atoms with van der Waals surface area (Å²) in [6, 6.07) is 9.42. The van der Waals surface area contributed by atoms with Crippen LogP contribution in [0.25, 0.3) is 0 Å². The molecule has 0 saturated carbocycles. The Labute approximate surface area is 148 Å². The second-order valence-corrected chi connectivity index (χ2v) is 5.62. The molecule has 1 amide bonds. The van der Waals surface area contributed by atoms with Crippen LogP contribution in [-0.2, 0) is 11.0 Å². The summed E-state index contributed by atoms with van der Waals surface area (Å²) in [5.41, 5.74) is -0.166. The Kier molecular flexibility index (Phi) is 5.86. The Bertz CT molecular complexity index is 805. The van der Waals surface area contributed by atoms with Crippen LogP contribution in [0, 0.1) is 0 Å². The van der Waals surface area contributed by atoms with Crippen LogP contribution in [-0.4, -0.2) is 32.9 Å². The van der Waals surface area contributed by atoms with E-state index >= 15 is 0 Å². The molecule has 0 aliphatic rings. The molecule has 0 bridgehead atoms. The molecule has 138 valence electrons. The molecule has 0 spiro atoms. The van der Waals surface area contributed by atoms with Gasteiger partial charge >= 0.3 is 6.18 Å². The second-order valence-electron chi connectivity index (χ2n) is 5.62. The van der Waals surface area contributed by atoms with Crippen LogP contribution in [0.15, 0.2) is 42.5 Å². The number of carbonyl (C=O) groups excluding carboxylic acids is 2. The third-order valence-corrected chi connectivity index (χ3v) is 3.48. The fourth-order valence-corrected chi connectivity index (χ4v) is 2.24. The molecule has 0 atom stereocenters. The van der Waals surface area contributed by atoms with Crippen LogP contribution in [0.3, 0.4) is 0 Å². The maximum atomic E-state index is 12.9. The summed E-state index contributed by atoms with van der Waals surface area (Å²) in [6.45, 7) is -0.450. The van der Waals surface area contributed by atoms with E-state index in [2.05, 4.69) is 5.32 Å². The van der Waals surface area contributed by atoms with E-state index in [0.29, 0.717) is 12.0 Å². The highest BCUT2D eigenvalue weighted by Crippen LogP contribution is 2.34. The first kappa shape index (κ1) is 19.3. The van der Waals surface area contributed by atoms with Crippen molar-refractivity contribution < 1.29 is 27.5 Å². The van der Waals surface area contributed by atoms with E-state index in [9.17, 15) is 22.8 Å². The van der Waals surface area contributed by atoms with Crippen molar-refractivity contribution in [3.8, 4) is 5.75 Å². The van der Waals surface area contributed by atoms with Crippen molar-refractivity contribution in [1.82, 2.24) is 0 Å². The van der Waals surface area contributed by atoms with Gasteiger partial charge in [-0.05, 0) is 30.3 Å². The number of alkyl halides is 3. The number of ether oxygens (including phenoxy) is 1. The monoisotopic (exact) mass is 366 g/mol. The largest absolute Gasteiger partial charge is 0.483 e. The van der Waals surface area contributed by atoms with Gasteiger partial charge in [-0.15, -0.1) is 0 Å². The molecule has 0 aliphatic carbocycles. The lowest BCUT2D eigenvalue weighted by Gasteiger charge is -2.20. The van der Waals surface area contributed by atoms with Crippen molar-refractivity contribution in [2.75, 3.05) is 30.9 Å². The molecular formula is C18H17F3N2O3. The molecule has 26 heavy (non-hydrogen) atoms. The Hall–Kier alpha value is -3.03. The van der Waals surface area contributed by atoms with E-state index in [4.69, 9.17) is 4.74 Å². The summed E-state index contributed by atoms with van der Waals surface area (Å²) < 4.78 is 44.0. The highest BCUT2D eigenvalue weighted by molar-refractivity contribution is 5.95. The summed E-state index contributed by atoms with van der Waals surface area (Å²) >= 11 is 0. The Morgan fingerprint density at radius 2 is 1.88 bits per heavy atom. The minimum Gasteiger partial charge on any atom is -0.483 e. The first-order valence-corrected chi connectivity index (χ1v) is 7.58. The first-order chi connectivity index (χ1) is 12.2. The molecule has 2 rings (SSSR count). The minimum atomic E-state index is -4.52. The number of nitrogens with zero attached hydrogens (tertiary/aromatic N) is 1. The lowest BCUT2D eigenvalue weighted by Crippen LogP contribution is -2.23. The average Bonchev–Trinajstić information content (AvgIpc) is 2.59. The van der Waals surface area contributed by atoms with Crippen molar-refractivity contribution in [3.05, 3.63) is 53.6 Å². The number of hydrogen-bond acceptors (Lipinski definition) is 4. The summed E-state index contributed by atoms with van der Waals surface area (Å²) in [5, 5.41) is 2.42. The molecule has 0 unspecified atom stereocenters. The van der Waals surface area contributed by atoms with Gasteiger partial charge in [0.25, 0.3) is 5.91 Å². The van der Waals surface area contributed by atoms with Crippen molar-refractivity contribution in [2.45, 2.75) is 6.18 Å². The summed E-state index contributed by atoms with van der Waals surface area (Å²) in [7, 11) is 3.30. The van der Waals surface area contributed by atoms with Gasteiger partial charge in [-0.1, -0.05) is 12.1 Å². The van der Waals surface area contributed by atoms with E-state index in [1.807, 2.05) is 0 Å². The number of amides is 1. The van der Waals surface area contributed by atoms with E-state index in [1.165, 1.54) is 18.2 Å². The van der Waals surface area contributed by atoms with E-state index in [1.54, 1.807) is 31.1 Å². The standard InChI is InChI=1S/C18H17F3N2O3/c1-23(2)15-8-7-13(18(19,20)21)9-14(15)22-17(25)11-26-16-6-4-3-5-12(16)10-24/h3-10H,11H2,1-2H3,(H,22,25). The zero-order valence-electron chi connectivity index (χ0n) is 14.1. The Morgan fingerprint density at radius 1 is 1.19 bits per heavy atom. The molecule has 0 aliphatic heterocycles. The minimum absolute atomic E-state index is 0.0158. The maximum Gasteiger partial charge on any atom is 0.416 e. The fraction of sp³-hybridized carbons (Fsp3) is 0.222. The number of rotatable bonds is 6. The molecule has 2 aromatic carbocycles. The molecule has 0 heterocycles. The van der Waals surface area contributed by atoms with Crippen LogP contribution in [0.4, 0.5) is 24.5 Å². The number of halogens is 3. The summed E-state index contributed by atoms with van der Waals surface area (Å²) in [5.74, 6) is -0.428. The lowest BCUT2D eigenvalue weighted by molar-refractivity contribution is -0.137. The normalized spacial score (nSPS) is 11.0. The van der Waals surface area contributed by atoms with Crippen LogP contribution < -0.4 is 15.0 Å². The highest BCUT2D eigenvalue weighted by Gasteiger charge is 2.31. The van der Waals surface area contributed by atoms with Crippen LogP contribution in [0.2, 0.25) is 0 Å². The van der Waals surface area contributed by atoms with E-state index in [0.717, 1.165) is 12.1 Å². The zero-order valence-corrected chi connectivity index (χ0v) is 14.1. The molecular weight excluding hydrogens is 349 g/mol. The molecule has 5 nitrogen and oxygen atoms in total. The zero-order chi connectivity index (χ0) is 19.3. The van der Waals surface area contributed by atoms with Crippen molar-refractivity contribution in [3.63, 3.8) is 0 Å². The number of para-hydroxylation sites is 1. The third-order valence-electron chi connectivity index (χ3n) is 3.48. The van der Waals surface area contributed by atoms with Gasteiger partial charge < -0.3 is 15.0 Å². The Balaban J connectivity index is 2.15. The predicted molar refractivity (Wildman–Crippen MR) is 91.7 cm³/mol. The van der Waals surface area contributed by atoms with Gasteiger partial charge in [0.05, 0.1) is 22.5 Å². The van der Waals surface area contributed by atoms with E-state index in [-0.39, 0.29) is 17.0 Å². The Morgan fingerprint density at radius 3 is 2.50 bits per heavy atom. The van der Waals surface area contributed by atoms with Gasteiger partial charge in [0, 0.05) is 14.1 Å². The van der Waals surface area contributed by atoms with Crippen molar-refractivity contribution in [2.24, 2.45) is 0 Å². The first-order valence-electron chi connectivity index (χ1n) is 7.58. The fourth-order valence-electron chi connectivity index (χ4n) is 2.24. The number of benzene rings is 2. The van der Waals surface area contributed by atoms with Gasteiger partial charge in [0.1, 0.15) is 5.75 Å². The third kappa shape index (κ3) is 4.75. The number of carbonyl (C=O) groups is 2. The predicted octanol–water partition coefficient (Wildman–Crippen LogP) is 3.60. The van der Waals surface area contributed by atoms with Crippen LogP contribution in [0.1, 0.15) is 15.9 Å². The van der Waals surface area contributed by atoms with Crippen molar-refractivity contribution >= 4 is 23.6 Å². The van der Waals surface area contributed by atoms with E-state index < -0.39 is 24.3 Å². The summed E-state index contributed by atoms with van der Waals surface area (Å²) in [4.78, 5) is 24.6. The van der Waals surface area contributed by atoms with Crippen molar-refractivity contribution in [1.29, 1.82) is 0 Å². The smallest absolute Gasteiger partial charge is 0.416 e. The molecule has 1 N–H and O–H groups in total. The SMILES string of the molecule is CN(C)c1ccc(C(F)(F)F)cc1NC(=O)COc1ccccc1C=O. The topological polar surface area (TPSA) is 58.6 Å². The number of hydrogen-bond donors (Lipinski definition) is 1. The molecule has 8 heteroatoms.